The highest BCUT2D eigenvalue weighted by Gasteiger charge is 2.35. The summed E-state index contributed by atoms with van der Waals surface area (Å²) in [6.45, 7) is 13.9. The van der Waals surface area contributed by atoms with Gasteiger partial charge in [-0.1, -0.05) is 41.5 Å². The van der Waals surface area contributed by atoms with E-state index in [0.717, 1.165) is 12.0 Å². The molecule has 1 atom stereocenters. The Bertz CT molecular complexity index is 1330. The Hall–Kier alpha value is -4.17. The van der Waals surface area contributed by atoms with Crippen LogP contribution in [0, 0.1) is 16.7 Å². The Morgan fingerprint density at radius 1 is 0.791 bits per heavy atom. The van der Waals surface area contributed by atoms with E-state index < -0.39 is 5.97 Å². The fourth-order valence-electron chi connectivity index (χ4n) is 4.14. The maximum absolute atomic E-state index is 12.7. The van der Waals surface area contributed by atoms with Gasteiger partial charge >= 0.3 is 11.9 Å². The maximum Gasteiger partial charge on any atom is 0.343 e. The SMILES string of the molecule is CC(C)(C)CC(C(=O)OCCOCCOc1ccc(/C=N/c2ccc(C(=O)Oc3ccc(O)cc3)cc2)cc1)C(C)(C)C. The summed E-state index contributed by atoms with van der Waals surface area (Å²) in [6, 6.07) is 20.2. The van der Waals surface area contributed by atoms with Crippen LogP contribution in [0.2, 0.25) is 0 Å². The molecule has 0 aliphatic rings. The van der Waals surface area contributed by atoms with Crippen LogP contribution < -0.4 is 9.47 Å². The first-order chi connectivity index (χ1) is 20.3. The molecule has 0 saturated carbocycles. The summed E-state index contributed by atoms with van der Waals surface area (Å²) in [5.41, 5.74) is 1.84. The lowest BCUT2D eigenvalue weighted by Gasteiger charge is -2.33. The smallest absolute Gasteiger partial charge is 0.343 e. The van der Waals surface area contributed by atoms with E-state index in [0.29, 0.717) is 42.6 Å². The minimum atomic E-state index is -0.494. The number of esters is 2. The Morgan fingerprint density at radius 3 is 2.00 bits per heavy atom. The van der Waals surface area contributed by atoms with Crippen LogP contribution in [-0.2, 0) is 14.3 Å². The topological polar surface area (TPSA) is 104 Å². The summed E-state index contributed by atoms with van der Waals surface area (Å²) < 4.78 is 22.1. The van der Waals surface area contributed by atoms with Gasteiger partial charge < -0.3 is 24.1 Å². The van der Waals surface area contributed by atoms with Crippen molar-refractivity contribution in [1.82, 2.24) is 0 Å². The number of phenolic OH excluding ortho intramolecular Hbond substituents is 1. The maximum atomic E-state index is 12.7. The minimum Gasteiger partial charge on any atom is -0.508 e. The monoisotopic (exact) mass is 589 g/mol. The van der Waals surface area contributed by atoms with Crippen LogP contribution in [0.25, 0.3) is 0 Å². The van der Waals surface area contributed by atoms with Crippen molar-refractivity contribution in [2.45, 2.75) is 48.0 Å². The summed E-state index contributed by atoms with van der Waals surface area (Å²) in [4.78, 5) is 29.4. The molecule has 0 saturated heterocycles. The van der Waals surface area contributed by atoms with Gasteiger partial charge in [0.1, 0.15) is 30.5 Å². The van der Waals surface area contributed by atoms with Crippen LogP contribution in [0.3, 0.4) is 0 Å². The summed E-state index contributed by atoms with van der Waals surface area (Å²) in [6.07, 6.45) is 2.49. The standard InChI is InChI=1S/C35H43NO7/c1-34(2,3)23-31(35(4,5)6)33(39)42-22-20-40-19-21-41-29-15-7-25(8-16-29)24-36-27-11-9-26(10-12-27)32(38)43-30-17-13-28(37)14-18-30/h7-18,24,31,37H,19-23H2,1-6H3/b36-24+. The summed E-state index contributed by atoms with van der Waals surface area (Å²) in [5.74, 6) is 0.325. The van der Waals surface area contributed by atoms with Gasteiger partial charge in [0.2, 0.25) is 0 Å². The average molecular weight is 590 g/mol. The van der Waals surface area contributed by atoms with Crippen LogP contribution in [0.4, 0.5) is 5.69 Å². The van der Waals surface area contributed by atoms with Gasteiger partial charge in [-0.25, -0.2) is 4.79 Å². The molecule has 1 unspecified atom stereocenters. The molecule has 3 aromatic rings. The number of nitrogens with zero attached hydrogens (tertiary/aromatic N) is 1. The van der Waals surface area contributed by atoms with E-state index >= 15 is 0 Å². The predicted octanol–water partition coefficient (Wildman–Crippen LogP) is 7.40. The Morgan fingerprint density at radius 2 is 1.40 bits per heavy atom. The first-order valence-corrected chi connectivity index (χ1v) is 14.4. The first-order valence-electron chi connectivity index (χ1n) is 14.4. The highest BCUT2D eigenvalue weighted by Crippen LogP contribution is 2.36. The molecule has 0 radical (unpaired) electrons. The number of benzene rings is 3. The molecular formula is C35H43NO7. The van der Waals surface area contributed by atoms with Gasteiger partial charge in [0.15, 0.2) is 0 Å². The molecule has 0 amide bonds. The van der Waals surface area contributed by atoms with E-state index in [4.69, 9.17) is 18.9 Å². The van der Waals surface area contributed by atoms with Crippen molar-refractivity contribution in [2.24, 2.45) is 21.7 Å². The second-order valence-corrected chi connectivity index (χ2v) is 12.6. The first kappa shape index (κ1) is 33.3. The summed E-state index contributed by atoms with van der Waals surface area (Å²) >= 11 is 0. The molecule has 43 heavy (non-hydrogen) atoms. The Kier molecular flexibility index (Phi) is 11.9. The number of phenols is 1. The van der Waals surface area contributed by atoms with Gasteiger partial charge in [0.25, 0.3) is 0 Å². The van der Waals surface area contributed by atoms with E-state index in [-0.39, 0.29) is 35.1 Å². The fourth-order valence-corrected chi connectivity index (χ4v) is 4.14. The Labute approximate surface area is 254 Å². The number of ether oxygens (including phenoxy) is 4. The predicted molar refractivity (Wildman–Crippen MR) is 167 cm³/mol. The normalized spacial score (nSPS) is 12.6. The molecule has 0 fully saturated rings. The zero-order chi connectivity index (χ0) is 31.5. The largest absolute Gasteiger partial charge is 0.508 e. The molecular weight excluding hydrogens is 546 g/mol. The summed E-state index contributed by atoms with van der Waals surface area (Å²) in [5, 5.41) is 9.34. The number of aliphatic imine (C=N–C) groups is 1. The lowest BCUT2D eigenvalue weighted by Crippen LogP contribution is -2.34. The zero-order valence-electron chi connectivity index (χ0n) is 26.0. The lowest BCUT2D eigenvalue weighted by atomic mass is 9.72. The fraction of sp³-hybridized carbons (Fsp3) is 0.400. The number of aromatic hydroxyl groups is 1. The van der Waals surface area contributed by atoms with Crippen molar-refractivity contribution in [3.8, 4) is 17.2 Å². The van der Waals surface area contributed by atoms with E-state index in [1.165, 1.54) is 24.3 Å². The highest BCUT2D eigenvalue weighted by atomic mass is 16.6. The molecule has 0 aliphatic carbocycles. The molecule has 8 nitrogen and oxygen atoms in total. The van der Waals surface area contributed by atoms with Gasteiger partial charge in [-0.2, -0.15) is 0 Å². The van der Waals surface area contributed by atoms with E-state index in [2.05, 4.69) is 46.5 Å². The van der Waals surface area contributed by atoms with Crippen molar-refractivity contribution >= 4 is 23.8 Å². The number of hydrogen-bond acceptors (Lipinski definition) is 8. The number of carbonyl (C=O) groups is 2. The minimum absolute atomic E-state index is 0.0400. The van der Waals surface area contributed by atoms with Crippen LogP contribution in [0.5, 0.6) is 17.2 Å². The molecule has 0 bridgehead atoms. The van der Waals surface area contributed by atoms with Crippen LogP contribution in [0.1, 0.15) is 63.9 Å². The second-order valence-electron chi connectivity index (χ2n) is 12.6. The van der Waals surface area contributed by atoms with Crippen LogP contribution in [-0.4, -0.2) is 49.7 Å². The molecule has 1 N–H and O–H groups in total. The number of carbonyl (C=O) groups excluding carboxylic acids is 2. The molecule has 230 valence electrons. The van der Waals surface area contributed by atoms with Gasteiger partial charge in [-0.3, -0.25) is 9.79 Å². The number of rotatable bonds is 13. The van der Waals surface area contributed by atoms with Crippen molar-refractivity contribution in [3.63, 3.8) is 0 Å². The Balaban J connectivity index is 1.35. The van der Waals surface area contributed by atoms with Crippen molar-refractivity contribution < 1.29 is 33.6 Å². The molecule has 0 aliphatic heterocycles. The zero-order valence-corrected chi connectivity index (χ0v) is 26.0. The van der Waals surface area contributed by atoms with Gasteiger partial charge in [-0.05, 0) is 95.6 Å². The third kappa shape index (κ3) is 11.9. The highest BCUT2D eigenvalue weighted by molar-refractivity contribution is 5.91. The molecule has 8 heteroatoms. The van der Waals surface area contributed by atoms with Crippen molar-refractivity contribution in [3.05, 3.63) is 83.9 Å². The van der Waals surface area contributed by atoms with E-state index in [9.17, 15) is 14.7 Å². The second kappa shape index (κ2) is 15.3. The quantitative estimate of drug-likeness (QED) is 0.0959. The molecule has 3 aromatic carbocycles. The van der Waals surface area contributed by atoms with E-state index in [1.54, 1.807) is 30.5 Å². The van der Waals surface area contributed by atoms with Crippen molar-refractivity contribution in [2.75, 3.05) is 26.4 Å². The third-order valence-corrected chi connectivity index (χ3v) is 6.51. The van der Waals surface area contributed by atoms with Crippen LogP contribution in [0.15, 0.2) is 77.8 Å². The lowest BCUT2D eigenvalue weighted by molar-refractivity contribution is -0.155. The van der Waals surface area contributed by atoms with Crippen molar-refractivity contribution in [1.29, 1.82) is 0 Å². The number of hydrogen-bond donors (Lipinski definition) is 1. The van der Waals surface area contributed by atoms with Gasteiger partial charge in [-0.15, -0.1) is 0 Å². The third-order valence-electron chi connectivity index (χ3n) is 6.51. The molecule has 0 heterocycles. The van der Waals surface area contributed by atoms with Crippen LogP contribution >= 0.6 is 0 Å². The molecule has 3 rings (SSSR count). The summed E-state index contributed by atoms with van der Waals surface area (Å²) in [7, 11) is 0. The van der Waals surface area contributed by atoms with E-state index in [1.807, 2.05) is 24.3 Å². The van der Waals surface area contributed by atoms with Gasteiger partial charge in [0, 0.05) is 6.21 Å². The molecule has 0 spiro atoms. The average Bonchev–Trinajstić information content (AvgIpc) is 2.95. The molecule has 0 aromatic heterocycles. The van der Waals surface area contributed by atoms with Gasteiger partial charge in [0.05, 0.1) is 30.4 Å².